The second-order valence-corrected chi connectivity index (χ2v) is 6.77. The Morgan fingerprint density at radius 3 is 2.61 bits per heavy atom. The number of hydrogen-bond donors (Lipinski definition) is 0. The number of carbonyl (C=O) groups is 2. The van der Waals surface area contributed by atoms with Crippen molar-refractivity contribution in [3.8, 4) is 11.5 Å². The van der Waals surface area contributed by atoms with Gasteiger partial charge < -0.3 is 19.1 Å². The van der Waals surface area contributed by atoms with Gasteiger partial charge in [0.1, 0.15) is 0 Å². The zero-order valence-electron chi connectivity index (χ0n) is 17.2. The predicted octanol–water partition coefficient (Wildman–Crippen LogP) is 3.15. The van der Waals surface area contributed by atoms with E-state index in [-0.39, 0.29) is 11.6 Å². The molecule has 3 rings (SSSR count). The number of nitrogens with zero attached hydrogens (tertiary/aromatic N) is 2. The van der Waals surface area contributed by atoms with Gasteiger partial charge in [0, 0.05) is 30.4 Å². The number of aryl methyl sites for hydroxylation is 1. The van der Waals surface area contributed by atoms with Crippen LogP contribution in [0.2, 0.25) is 0 Å². The van der Waals surface area contributed by atoms with Crippen LogP contribution in [-0.2, 0) is 20.7 Å². The Morgan fingerprint density at radius 2 is 1.90 bits per heavy atom. The van der Waals surface area contributed by atoms with Crippen LogP contribution in [0.15, 0.2) is 42.5 Å². The Hall–Kier alpha value is -3.88. The smallest absolute Gasteiger partial charge is 0.331 e. The first-order valence-electron chi connectivity index (χ1n) is 9.57. The van der Waals surface area contributed by atoms with Gasteiger partial charge in [-0.05, 0) is 48.2 Å². The molecule has 1 amide bonds. The molecule has 0 fully saturated rings. The molecular weight excluding hydrogens is 404 g/mol. The highest BCUT2D eigenvalue weighted by Crippen LogP contribution is 2.30. The summed E-state index contributed by atoms with van der Waals surface area (Å²) in [5.41, 5.74) is 2.03. The van der Waals surface area contributed by atoms with Crippen LogP contribution in [0.25, 0.3) is 6.08 Å². The van der Waals surface area contributed by atoms with E-state index < -0.39 is 17.5 Å². The van der Waals surface area contributed by atoms with Gasteiger partial charge in [-0.1, -0.05) is 6.07 Å². The number of rotatable bonds is 7. The van der Waals surface area contributed by atoms with Crippen molar-refractivity contribution in [3.63, 3.8) is 0 Å². The Kier molecular flexibility index (Phi) is 6.86. The highest BCUT2D eigenvalue weighted by atomic mass is 16.6. The van der Waals surface area contributed by atoms with Gasteiger partial charge in [0.15, 0.2) is 18.1 Å². The van der Waals surface area contributed by atoms with E-state index in [2.05, 4.69) is 0 Å². The quantitative estimate of drug-likeness (QED) is 0.290. The zero-order valence-corrected chi connectivity index (χ0v) is 17.2. The van der Waals surface area contributed by atoms with Gasteiger partial charge in [0.25, 0.3) is 11.6 Å². The predicted molar refractivity (Wildman–Crippen MR) is 113 cm³/mol. The first-order chi connectivity index (χ1) is 14.9. The van der Waals surface area contributed by atoms with E-state index >= 15 is 0 Å². The van der Waals surface area contributed by atoms with E-state index in [1.54, 1.807) is 30.3 Å². The molecule has 31 heavy (non-hydrogen) atoms. The third kappa shape index (κ3) is 5.19. The minimum atomic E-state index is -0.663. The van der Waals surface area contributed by atoms with Gasteiger partial charge in [-0.3, -0.25) is 14.9 Å². The third-order valence-electron chi connectivity index (χ3n) is 4.85. The SMILES string of the molecule is COc1ccc(/C=C/C(=O)OCC(=O)N2CCCc3cc([N+](=O)[O-])ccc32)cc1OC. The molecule has 0 saturated carbocycles. The van der Waals surface area contributed by atoms with Crippen molar-refractivity contribution in [2.75, 3.05) is 32.3 Å². The number of fused-ring (bicyclic) bond motifs is 1. The number of carbonyl (C=O) groups excluding carboxylic acids is 2. The molecule has 9 heteroatoms. The van der Waals surface area contributed by atoms with Gasteiger partial charge in [-0.2, -0.15) is 0 Å². The van der Waals surface area contributed by atoms with Gasteiger partial charge in [0.05, 0.1) is 19.1 Å². The molecule has 0 aliphatic carbocycles. The minimum Gasteiger partial charge on any atom is -0.493 e. The van der Waals surface area contributed by atoms with Crippen LogP contribution in [0, 0.1) is 10.1 Å². The summed E-state index contributed by atoms with van der Waals surface area (Å²) in [6, 6.07) is 9.57. The minimum absolute atomic E-state index is 0.0141. The second kappa shape index (κ2) is 9.75. The molecule has 0 N–H and O–H groups in total. The highest BCUT2D eigenvalue weighted by Gasteiger charge is 2.25. The summed E-state index contributed by atoms with van der Waals surface area (Å²) in [4.78, 5) is 36.6. The first kappa shape index (κ1) is 21.8. The van der Waals surface area contributed by atoms with E-state index in [4.69, 9.17) is 14.2 Å². The summed E-state index contributed by atoms with van der Waals surface area (Å²) in [6.07, 6.45) is 4.09. The Labute approximate surface area is 179 Å². The summed E-state index contributed by atoms with van der Waals surface area (Å²) >= 11 is 0. The molecule has 1 aliphatic heterocycles. The van der Waals surface area contributed by atoms with Crippen molar-refractivity contribution in [3.05, 3.63) is 63.7 Å². The van der Waals surface area contributed by atoms with Crippen LogP contribution in [0.4, 0.5) is 11.4 Å². The number of nitro benzene ring substituents is 1. The number of amides is 1. The van der Waals surface area contributed by atoms with Crippen molar-refractivity contribution < 1.29 is 28.7 Å². The molecule has 0 aromatic heterocycles. The Balaban J connectivity index is 1.61. The highest BCUT2D eigenvalue weighted by molar-refractivity contribution is 5.97. The van der Waals surface area contributed by atoms with Crippen molar-refractivity contribution >= 4 is 29.3 Å². The van der Waals surface area contributed by atoms with E-state index in [9.17, 15) is 19.7 Å². The molecule has 0 bridgehead atoms. The fourth-order valence-corrected chi connectivity index (χ4v) is 3.34. The van der Waals surface area contributed by atoms with Gasteiger partial charge in [-0.15, -0.1) is 0 Å². The van der Waals surface area contributed by atoms with Crippen LogP contribution in [0.5, 0.6) is 11.5 Å². The monoisotopic (exact) mass is 426 g/mol. The fraction of sp³-hybridized carbons (Fsp3) is 0.273. The number of ether oxygens (including phenoxy) is 3. The van der Waals surface area contributed by atoms with Crippen LogP contribution in [-0.4, -0.2) is 44.2 Å². The number of esters is 1. The molecular formula is C22H22N2O7. The van der Waals surface area contributed by atoms with Gasteiger partial charge >= 0.3 is 5.97 Å². The summed E-state index contributed by atoms with van der Waals surface area (Å²) in [5.74, 6) is 0.0453. The molecule has 0 spiro atoms. The molecule has 9 nitrogen and oxygen atoms in total. The number of non-ortho nitro benzene ring substituents is 1. The summed E-state index contributed by atoms with van der Waals surface area (Å²) in [7, 11) is 3.05. The Bertz CT molecular complexity index is 1030. The normalized spacial score (nSPS) is 12.9. The molecule has 0 unspecified atom stereocenters. The topological polar surface area (TPSA) is 108 Å². The molecule has 0 saturated heterocycles. The van der Waals surface area contributed by atoms with E-state index in [1.807, 2.05) is 0 Å². The molecule has 0 atom stereocenters. The molecule has 0 radical (unpaired) electrons. The van der Waals surface area contributed by atoms with Crippen LogP contribution in [0.3, 0.4) is 0 Å². The van der Waals surface area contributed by atoms with Gasteiger partial charge in [0.2, 0.25) is 0 Å². The molecule has 2 aromatic rings. The van der Waals surface area contributed by atoms with Crippen LogP contribution >= 0.6 is 0 Å². The molecule has 2 aromatic carbocycles. The number of hydrogen-bond acceptors (Lipinski definition) is 7. The van der Waals surface area contributed by atoms with Crippen molar-refractivity contribution in [2.24, 2.45) is 0 Å². The molecule has 1 aliphatic rings. The second-order valence-electron chi connectivity index (χ2n) is 6.77. The lowest BCUT2D eigenvalue weighted by Gasteiger charge is -2.29. The summed E-state index contributed by atoms with van der Waals surface area (Å²) in [6.45, 7) is 0.0359. The molecule has 1 heterocycles. The Morgan fingerprint density at radius 1 is 1.13 bits per heavy atom. The van der Waals surface area contributed by atoms with E-state index in [1.165, 1.54) is 37.3 Å². The van der Waals surface area contributed by atoms with Crippen molar-refractivity contribution in [2.45, 2.75) is 12.8 Å². The van der Waals surface area contributed by atoms with Crippen molar-refractivity contribution in [1.82, 2.24) is 0 Å². The lowest BCUT2D eigenvalue weighted by Crippen LogP contribution is -2.38. The fourth-order valence-electron chi connectivity index (χ4n) is 3.34. The maximum atomic E-state index is 12.6. The third-order valence-corrected chi connectivity index (χ3v) is 4.85. The lowest BCUT2D eigenvalue weighted by molar-refractivity contribution is -0.384. The largest absolute Gasteiger partial charge is 0.493 e. The van der Waals surface area contributed by atoms with Crippen LogP contribution in [0.1, 0.15) is 17.5 Å². The number of anilines is 1. The van der Waals surface area contributed by atoms with Crippen LogP contribution < -0.4 is 14.4 Å². The van der Waals surface area contributed by atoms with E-state index in [0.29, 0.717) is 42.1 Å². The zero-order chi connectivity index (χ0) is 22.4. The standard InChI is InChI=1S/C22H22N2O7/c1-29-19-9-5-15(12-20(19)30-2)6-10-22(26)31-14-21(25)23-11-3-4-16-13-17(24(27)28)7-8-18(16)23/h5-10,12-13H,3-4,11,14H2,1-2H3/b10-6+. The van der Waals surface area contributed by atoms with Crippen molar-refractivity contribution in [1.29, 1.82) is 0 Å². The number of benzene rings is 2. The first-order valence-corrected chi connectivity index (χ1v) is 9.57. The summed E-state index contributed by atoms with van der Waals surface area (Å²) < 4.78 is 15.5. The molecule has 162 valence electrons. The average molecular weight is 426 g/mol. The number of methoxy groups -OCH3 is 2. The van der Waals surface area contributed by atoms with E-state index in [0.717, 1.165) is 5.56 Å². The average Bonchev–Trinajstić information content (AvgIpc) is 2.79. The van der Waals surface area contributed by atoms with Gasteiger partial charge in [-0.25, -0.2) is 4.79 Å². The summed E-state index contributed by atoms with van der Waals surface area (Å²) in [5, 5.41) is 11.0. The maximum Gasteiger partial charge on any atom is 0.331 e. The lowest BCUT2D eigenvalue weighted by atomic mass is 10.0. The maximum absolute atomic E-state index is 12.6. The number of nitro groups is 1.